The van der Waals surface area contributed by atoms with Gasteiger partial charge in [-0.25, -0.2) is 0 Å². The smallest absolute Gasteiger partial charge is 0.189 e. The highest BCUT2D eigenvalue weighted by molar-refractivity contribution is 6.15. The number of fused-ring (bicyclic) bond motifs is 3. The second-order valence-corrected chi connectivity index (χ2v) is 14.4. The van der Waals surface area contributed by atoms with E-state index in [1.54, 1.807) is 31.2 Å². The summed E-state index contributed by atoms with van der Waals surface area (Å²) in [6, 6.07) is 44.7. The zero-order valence-electron chi connectivity index (χ0n) is 30.1. The molecule has 7 aromatic rings. The number of hydrogen-bond acceptors (Lipinski definition) is 3. The fourth-order valence-electron chi connectivity index (χ4n) is 6.93. The summed E-state index contributed by atoms with van der Waals surface area (Å²) in [5, 5.41) is 6.99. The highest BCUT2D eigenvalue weighted by Crippen LogP contribution is 2.39. The van der Waals surface area contributed by atoms with Gasteiger partial charge < -0.3 is 4.90 Å². The number of Topliss-reactive ketones (excluding diaryl/α,β-unsaturated/α-hetero) is 1. The predicted octanol–water partition coefficient (Wildman–Crippen LogP) is 13.9. The van der Waals surface area contributed by atoms with Gasteiger partial charge in [0, 0.05) is 28.2 Å². The fourth-order valence-corrected chi connectivity index (χ4v) is 6.93. The van der Waals surface area contributed by atoms with Gasteiger partial charge in [-0.3, -0.25) is 9.59 Å². The molecule has 7 rings (SSSR count). The van der Waals surface area contributed by atoms with Crippen LogP contribution < -0.4 is 4.90 Å². The van der Waals surface area contributed by atoms with Gasteiger partial charge in [0.15, 0.2) is 12.1 Å². The number of carbonyl (C=O) groups excluding carboxylic acids is 2. The maximum Gasteiger partial charge on any atom is 0.189 e. The number of ketones is 1. The minimum atomic E-state index is -0.201. The summed E-state index contributed by atoms with van der Waals surface area (Å²) >= 11 is 0. The molecule has 0 spiro atoms. The molecule has 0 bridgehead atoms. The maximum absolute atomic E-state index is 13.6. The van der Waals surface area contributed by atoms with Crippen molar-refractivity contribution < 1.29 is 9.59 Å². The van der Waals surface area contributed by atoms with E-state index in [1.807, 2.05) is 12.1 Å². The third kappa shape index (κ3) is 7.24. The van der Waals surface area contributed by atoms with Gasteiger partial charge in [-0.2, -0.15) is 0 Å². The van der Waals surface area contributed by atoms with Crippen LogP contribution in [0.3, 0.4) is 0 Å². The van der Waals surface area contributed by atoms with Gasteiger partial charge in [-0.15, -0.1) is 0 Å². The van der Waals surface area contributed by atoms with Crippen LogP contribution in [0.4, 0.5) is 17.1 Å². The van der Waals surface area contributed by atoms with E-state index >= 15 is 0 Å². The Morgan fingerprint density at radius 3 is 1.70 bits per heavy atom. The summed E-state index contributed by atoms with van der Waals surface area (Å²) in [5.74, 6) is -0.201. The number of allylic oxidation sites excluding steroid dienone is 1. The van der Waals surface area contributed by atoms with E-state index < -0.39 is 0 Å². The average Bonchev–Trinajstić information content (AvgIpc) is 3.16. The molecule has 3 nitrogen and oxygen atoms in total. The van der Waals surface area contributed by atoms with Crippen molar-refractivity contribution in [3.8, 4) is 0 Å². The zero-order chi connectivity index (χ0) is 36.6. The molecule has 0 amide bonds. The summed E-state index contributed by atoms with van der Waals surface area (Å²) in [7, 11) is 0. The molecule has 7 aromatic carbocycles. The molecule has 0 saturated carbocycles. The van der Waals surface area contributed by atoms with Crippen molar-refractivity contribution in [2.24, 2.45) is 0 Å². The molecule has 0 aliphatic rings. The monoisotopic (exact) mass is 691 g/mol. The topological polar surface area (TPSA) is 37.4 Å². The lowest BCUT2D eigenvalue weighted by Crippen LogP contribution is -2.13. The van der Waals surface area contributed by atoms with Crippen LogP contribution in [0.2, 0.25) is 0 Å². The maximum atomic E-state index is 13.6. The summed E-state index contributed by atoms with van der Waals surface area (Å²) in [5.41, 5.74) is 8.19. The molecule has 0 aliphatic heterocycles. The molecule has 0 aromatic heterocycles. The van der Waals surface area contributed by atoms with Crippen molar-refractivity contribution in [3.05, 3.63) is 180 Å². The minimum absolute atomic E-state index is 0. The Balaban J connectivity index is 0.00000481. The van der Waals surface area contributed by atoms with Crippen molar-refractivity contribution in [2.75, 3.05) is 4.90 Å². The number of hydrogen-bond donors (Lipinski definition) is 0. The van der Waals surface area contributed by atoms with E-state index in [2.05, 4.69) is 148 Å². The van der Waals surface area contributed by atoms with Crippen LogP contribution in [0.1, 0.15) is 78.1 Å². The van der Waals surface area contributed by atoms with Crippen molar-refractivity contribution in [1.29, 1.82) is 0 Å². The lowest BCUT2D eigenvalue weighted by atomic mass is 9.87. The first-order chi connectivity index (χ1) is 25.1. The number of rotatable bonds is 9. The van der Waals surface area contributed by atoms with E-state index in [0.29, 0.717) is 16.7 Å². The summed E-state index contributed by atoms with van der Waals surface area (Å²) in [6.45, 7) is 16.2. The molecule has 53 heavy (non-hydrogen) atoms. The van der Waals surface area contributed by atoms with Gasteiger partial charge in [0.05, 0.1) is 0 Å². The first kappa shape index (κ1) is 36.5. The Hall–Kier alpha value is -6.32. The van der Waals surface area contributed by atoms with Gasteiger partial charge in [-0.1, -0.05) is 114 Å². The molecule has 0 heterocycles. The lowest BCUT2D eigenvalue weighted by Gasteiger charge is -2.27. The van der Waals surface area contributed by atoms with E-state index in [1.165, 1.54) is 27.1 Å². The quantitative estimate of drug-likeness (QED) is 0.0654. The second kappa shape index (κ2) is 14.7. The van der Waals surface area contributed by atoms with Crippen molar-refractivity contribution in [3.63, 3.8) is 0 Å². The number of anilines is 3. The molecule has 0 radical (unpaired) electrons. The van der Waals surface area contributed by atoms with Gasteiger partial charge >= 0.3 is 0 Å². The van der Waals surface area contributed by atoms with Crippen LogP contribution in [-0.4, -0.2) is 12.1 Å². The first-order valence-electron chi connectivity index (χ1n) is 17.5. The van der Waals surface area contributed by atoms with Gasteiger partial charge in [-0.05, 0) is 145 Å². The summed E-state index contributed by atoms with van der Waals surface area (Å²) in [6.07, 6.45) is 5.92. The van der Waals surface area contributed by atoms with E-state index in [0.717, 1.165) is 50.8 Å². The average molecular weight is 692 g/mol. The van der Waals surface area contributed by atoms with Crippen molar-refractivity contribution in [1.82, 2.24) is 0 Å². The lowest BCUT2D eigenvalue weighted by molar-refractivity contribution is 0.102. The van der Waals surface area contributed by atoms with E-state index in [-0.39, 0.29) is 18.6 Å². The predicted molar refractivity (Wildman–Crippen MR) is 229 cm³/mol. The number of benzene rings is 7. The second-order valence-electron chi connectivity index (χ2n) is 14.4. The molecule has 0 aliphatic carbocycles. The molecule has 0 atom stereocenters. The highest BCUT2D eigenvalue weighted by Gasteiger charge is 2.18. The van der Waals surface area contributed by atoms with E-state index in [4.69, 9.17) is 0 Å². The van der Waals surface area contributed by atoms with Crippen LogP contribution in [0.5, 0.6) is 0 Å². The zero-order valence-corrected chi connectivity index (χ0v) is 30.1. The molecule has 0 saturated heterocycles. The normalized spacial score (nSPS) is 11.7. The largest absolute Gasteiger partial charge is 0.310 e. The molecule has 3 heteroatoms. The van der Waals surface area contributed by atoms with Crippen LogP contribution >= 0.6 is 0 Å². The van der Waals surface area contributed by atoms with Crippen LogP contribution in [0, 0.1) is 0 Å². The van der Waals surface area contributed by atoms with Gasteiger partial charge in [0.1, 0.15) is 0 Å². The first-order valence-corrected chi connectivity index (χ1v) is 17.5. The standard InChI is InChI=1S/C49H41NO2.CH4/c1-7-34-25-42(31-51)47(30-35(34)8-2)48(52)32(3)23-33-13-14-40-28-45(19-15-38(40)24-33)50(44-21-17-43(18-22-44)49(4,5)6)46-20-16-39-26-36-11-9-10-12-37(36)27-41(39)29-46;/h7-31H,1-2H2,3-6H3;1H4. The Morgan fingerprint density at radius 2 is 1.09 bits per heavy atom. The Kier molecular flexibility index (Phi) is 10.1. The van der Waals surface area contributed by atoms with Gasteiger partial charge in [0.2, 0.25) is 0 Å². The fraction of sp³-hybridized carbons (Fsp3) is 0.120. The van der Waals surface area contributed by atoms with Crippen LogP contribution in [-0.2, 0) is 5.41 Å². The Labute approximate surface area is 313 Å². The summed E-state index contributed by atoms with van der Waals surface area (Å²) in [4.78, 5) is 27.8. The number of carbonyl (C=O) groups is 2. The van der Waals surface area contributed by atoms with E-state index in [9.17, 15) is 9.59 Å². The molecular weight excluding hydrogens is 647 g/mol. The van der Waals surface area contributed by atoms with Crippen molar-refractivity contribution in [2.45, 2.75) is 40.5 Å². The molecular formula is C50H45NO2. The molecule has 0 N–H and O–H groups in total. The van der Waals surface area contributed by atoms with Crippen LogP contribution in [0.15, 0.2) is 146 Å². The third-order valence-electron chi connectivity index (χ3n) is 9.85. The Morgan fingerprint density at radius 1 is 0.585 bits per heavy atom. The van der Waals surface area contributed by atoms with Crippen molar-refractivity contribution >= 4 is 79.7 Å². The van der Waals surface area contributed by atoms with Crippen LogP contribution in [0.25, 0.3) is 50.5 Å². The third-order valence-corrected chi connectivity index (χ3v) is 9.85. The number of nitrogens with zero attached hydrogens (tertiary/aromatic N) is 1. The van der Waals surface area contributed by atoms with Gasteiger partial charge in [0.25, 0.3) is 0 Å². The SMILES string of the molecule is C.C=Cc1cc(C=O)c(C(=O)C(C)=Cc2ccc3cc(N(c4ccc(C(C)(C)C)cc4)c4ccc5cc6ccccc6cc5c4)ccc3c2)cc1C=C. The minimum Gasteiger partial charge on any atom is -0.310 e. The molecule has 0 fully saturated rings. The highest BCUT2D eigenvalue weighted by atomic mass is 16.1. The number of aldehydes is 1. The molecule has 0 unspecified atom stereocenters. The molecule has 262 valence electrons. The summed E-state index contributed by atoms with van der Waals surface area (Å²) < 4.78 is 0. The Bertz CT molecular complexity index is 2580.